The Kier molecular flexibility index (Phi) is 2.66. The summed E-state index contributed by atoms with van der Waals surface area (Å²) in [6.45, 7) is 0. The molecule has 3 aromatic rings. The molecule has 4 nitrogen and oxygen atoms in total. The predicted molar refractivity (Wildman–Crippen MR) is 74.5 cm³/mol. The minimum Gasteiger partial charge on any atom is -0.399 e. The molecular formula is C15H12N4. The number of aromatic nitrogens is 2. The number of anilines is 1. The van der Waals surface area contributed by atoms with Crippen molar-refractivity contribution >= 4 is 16.7 Å². The fourth-order valence-electron chi connectivity index (χ4n) is 2.05. The van der Waals surface area contributed by atoms with E-state index in [0.717, 1.165) is 28.1 Å². The van der Waals surface area contributed by atoms with Gasteiger partial charge in [-0.1, -0.05) is 12.1 Å². The fraction of sp³-hybridized carbons (Fsp3) is 0.0667. The topological polar surface area (TPSA) is 78.5 Å². The van der Waals surface area contributed by atoms with Crippen molar-refractivity contribution in [3.05, 3.63) is 59.4 Å². The second kappa shape index (κ2) is 4.46. The number of aromatic amines is 1. The molecule has 0 aliphatic rings. The summed E-state index contributed by atoms with van der Waals surface area (Å²) in [5.41, 5.74) is 10.1. The van der Waals surface area contributed by atoms with Crippen LogP contribution in [0.4, 0.5) is 5.69 Å². The normalized spacial score (nSPS) is 10.5. The third-order valence-corrected chi connectivity index (χ3v) is 3.01. The summed E-state index contributed by atoms with van der Waals surface area (Å²) in [5, 5.41) is 8.76. The van der Waals surface area contributed by atoms with Crippen LogP contribution in [0.15, 0.2) is 42.5 Å². The average molecular weight is 248 g/mol. The third-order valence-electron chi connectivity index (χ3n) is 3.01. The summed E-state index contributed by atoms with van der Waals surface area (Å²) in [7, 11) is 0. The first kappa shape index (κ1) is 11.3. The number of nitrogens with zero attached hydrogens (tertiary/aromatic N) is 2. The minimum absolute atomic E-state index is 0.668. The number of hydrogen-bond acceptors (Lipinski definition) is 3. The van der Waals surface area contributed by atoms with E-state index in [1.807, 2.05) is 42.5 Å². The molecule has 0 spiro atoms. The zero-order chi connectivity index (χ0) is 13.2. The van der Waals surface area contributed by atoms with Gasteiger partial charge in [-0.15, -0.1) is 0 Å². The van der Waals surface area contributed by atoms with E-state index in [2.05, 4.69) is 16.0 Å². The number of fused-ring (bicyclic) bond motifs is 1. The lowest BCUT2D eigenvalue weighted by molar-refractivity contribution is 1.04. The van der Waals surface area contributed by atoms with E-state index in [1.165, 1.54) is 0 Å². The Balaban J connectivity index is 1.90. The first-order valence-corrected chi connectivity index (χ1v) is 5.98. The molecule has 1 aromatic heterocycles. The van der Waals surface area contributed by atoms with E-state index in [-0.39, 0.29) is 0 Å². The Labute approximate surface area is 110 Å². The average Bonchev–Trinajstić information content (AvgIpc) is 2.81. The molecular weight excluding hydrogens is 236 g/mol. The number of nitrogens with one attached hydrogen (secondary N) is 1. The van der Waals surface area contributed by atoms with E-state index in [0.29, 0.717) is 12.0 Å². The zero-order valence-electron chi connectivity index (χ0n) is 10.2. The summed E-state index contributed by atoms with van der Waals surface area (Å²) in [6, 6.07) is 15.3. The van der Waals surface area contributed by atoms with Gasteiger partial charge in [0.1, 0.15) is 5.82 Å². The van der Waals surface area contributed by atoms with Gasteiger partial charge >= 0.3 is 0 Å². The summed E-state index contributed by atoms with van der Waals surface area (Å²) >= 11 is 0. The van der Waals surface area contributed by atoms with E-state index in [4.69, 9.17) is 11.0 Å². The molecule has 3 rings (SSSR count). The number of nitrogens with two attached hydrogens (primary N) is 1. The van der Waals surface area contributed by atoms with Gasteiger partial charge in [0.15, 0.2) is 0 Å². The Morgan fingerprint density at radius 1 is 1.16 bits per heavy atom. The van der Waals surface area contributed by atoms with E-state index >= 15 is 0 Å². The van der Waals surface area contributed by atoms with Gasteiger partial charge in [-0.25, -0.2) is 4.98 Å². The van der Waals surface area contributed by atoms with Crippen LogP contribution >= 0.6 is 0 Å². The summed E-state index contributed by atoms with van der Waals surface area (Å²) < 4.78 is 0. The van der Waals surface area contributed by atoms with Crippen LogP contribution in [-0.2, 0) is 6.42 Å². The van der Waals surface area contributed by atoms with Crippen molar-refractivity contribution in [2.45, 2.75) is 6.42 Å². The van der Waals surface area contributed by atoms with Crippen LogP contribution in [0.5, 0.6) is 0 Å². The first-order valence-electron chi connectivity index (χ1n) is 5.98. The van der Waals surface area contributed by atoms with Crippen molar-refractivity contribution in [1.82, 2.24) is 9.97 Å². The van der Waals surface area contributed by atoms with E-state index in [9.17, 15) is 0 Å². The number of rotatable bonds is 2. The molecule has 0 amide bonds. The number of nitriles is 1. The molecule has 19 heavy (non-hydrogen) atoms. The molecule has 1 heterocycles. The molecule has 92 valence electrons. The lowest BCUT2D eigenvalue weighted by Crippen LogP contribution is -1.90. The molecule has 0 atom stereocenters. The third kappa shape index (κ3) is 2.26. The van der Waals surface area contributed by atoms with Crippen molar-refractivity contribution < 1.29 is 0 Å². The van der Waals surface area contributed by atoms with Gasteiger partial charge in [0, 0.05) is 12.1 Å². The number of imidazole rings is 1. The maximum atomic E-state index is 8.76. The molecule has 0 bridgehead atoms. The van der Waals surface area contributed by atoms with Gasteiger partial charge in [0.2, 0.25) is 0 Å². The lowest BCUT2D eigenvalue weighted by atomic mass is 10.1. The van der Waals surface area contributed by atoms with Crippen LogP contribution in [-0.4, -0.2) is 9.97 Å². The molecule has 0 fully saturated rings. The maximum Gasteiger partial charge on any atom is 0.111 e. The van der Waals surface area contributed by atoms with Crippen molar-refractivity contribution in [1.29, 1.82) is 5.26 Å². The second-order valence-corrected chi connectivity index (χ2v) is 4.45. The van der Waals surface area contributed by atoms with Crippen LogP contribution in [0, 0.1) is 11.3 Å². The molecule has 0 aliphatic carbocycles. The summed E-state index contributed by atoms with van der Waals surface area (Å²) in [5.74, 6) is 0.894. The predicted octanol–water partition coefficient (Wildman–Crippen LogP) is 2.61. The number of benzene rings is 2. The van der Waals surface area contributed by atoms with Gasteiger partial charge in [0.05, 0.1) is 22.7 Å². The van der Waals surface area contributed by atoms with Crippen molar-refractivity contribution in [2.75, 3.05) is 5.73 Å². The summed E-state index contributed by atoms with van der Waals surface area (Å²) in [6.07, 6.45) is 0.709. The van der Waals surface area contributed by atoms with E-state index in [1.54, 1.807) is 0 Å². The number of H-pyrrole nitrogens is 1. The highest BCUT2D eigenvalue weighted by atomic mass is 14.9. The van der Waals surface area contributed by atoms with Crippen LogP contribution in [0.2, 0.25) is 0 Å². The SMILES string of the molecule is N#Cc1ccc(Cc2nc3ccc(N)cc3[nH]2)cc1. The number of hydrogen-bond donors (Lipinski definition) is 2. The highest BCUT2D eigenvalue weighted by Gasteiger charge is 2.04. The molecule has 0 aliphatic heterocycles. The lowest BCUT2D eigenvalue weighted by Gasteiger charge is -1.97. The quantitative estimate of drug-likeness (QED) is 0.684. The van der Waals surface area contributed by atoms with Crippen LogP contribution in [0.3, 0.4) is 0 Å². The van der Waals surface area contributed by atoms with Crippen molar-refractivity contribution in [3.8, 4) is 6.07 Å². The standard InChI is InChI=1S/C15H12N4/c16-9-11-3-1-10(2-4-11)7-15-18-13-6-5-12(17)8-14(13)19-15/h1-6,8H,7,17H2,(H,18,19). The monoisotopic (exact) mass is 248 g/mol. The molecule has 2 aromatic carbocycles. The highest BCUT2D eigenvalue weighted by molar-refractivity contribution is 5.78. The molecule has 4 heteroatoms. The smallest absolute Gasteiger partial charge is 0.111 e. The van der Waals surface area contributed by atoms with Crippen molar-refractivity contribution in [3.63, 3.8) is 0 Å². The van der Waals surface area contributed by atoms with Gasteiger partial charge in [-0.3, -0.25) is 0 Å². The largest absolute Gasteiger partial charge is 0.399 e. The Morgan fingerprint density at radius 3 is 2.68 bits per heavy atom. The molecule has 0 radical (unpaired) electrons. The fourth-order valence-corrected chi connectivity index (χ4v) is 2.05. The van der Waals surface area contributed by atoms with Gasteiger partial charge in [0.25, 0.3) is 0 Å². The van der Waals surface area contributed by atoms with Crippen LogP contribution in [0.1, 0.15) is 17.0 Å². The number of nitrogen functional groups attached to an aromatic ring is 1. The summed E-state index contributed by atoms with van der Waals surface area (Å²) in [4.78, 5) is 7.77. The van der Waals surface area contributed by atoms with Crippen molar-refractivity contribution in [2.24, 2.45) is 0 Å². The first-order chi connectivity index (χ1) is 9.24. The second-order valence-electron chi connectivity index (χ2n) is 4.45. The minimum atomic E-state index is 0.668. The van der Waals surface area contributed by atoms with Crippen LogP contribution < -0.4 is 5.73 Å². The molecule has 3 N–H and O–H groups in total. The Morgan fingerprint density at radius 2 is 1.95 bits per heavy atom. The van der Waals surface area contributed by atoms with Gasteiger partial charge in [-0.2, -0.15) is 5.26 Å². The zero-order valence-corrected chi connectivity index (χ0v) is 10.2. The van der Waals surface area contributed by atoms with Gasteiger partial charge < -0.3 is 10.7 Å². The van der Waals surface area contributed by atoms with Crippen LogP contribution in [0.25, 0.3) is 11.0 Å². The molecule has 0 saturated heterocycles. The Bertz CT molecular complexity index is 763. The Hall–Kier alpha value is -2.80. The van der Waals surface area contributed by atoms with E-state index < -0.39 is 0 Å². The molecule has 0 saturated carbocycles. The maximum absolute atomic E-state index is 8.76. The van der Waals surface area contributed by atoms with Gasteiger partial charge in [-0.05, 0) is 35.9 Å². The molecule has 0 unspecified atom stereocenters. The highest BCUT2D eigenvalue weighted by Crippen LogP contribution is 2.16.